The average Bonchev–Trinajstić information content (AvgIpc) is 2.53. The normalized spacial score (nSPS) is 13.1. The quantitative estimate of drug-likeness (QED) is 0.682. The molecule has 0 aromatic heterocycles. The van der Waals surface area contributed by atoms with Crippen LogP contribution >= 0.6 is 0 Å². The number of rotatable bonds is 8. The monoisotopic (exact) mass is 399 g/mol. The summed E-state index contributed by atoms with van der Waals surface area (Å²) in [6.07, 6.45) is -0.453. The van der Waals surface area contributed by atoms with Gasteiger partial charge in [0.1, 0.15) is 11.6 Å². The average molecular weight is 400 g/mol. The molecule has 152 valence electrons. The number of amides is 2. The summed E-state index contributed by atoms with van der Waals surface area (Å²) in [6.45, 7) is 5.13. The molecule has 0 heterocycles. The summed E-state index contributed by atoms with van der Waals surface area (Å²) in [7, 11) is -0.559. The fraction of sp³-hybridized carbons (Fsp3) is 0.556. The fourth-order valence-corrected chi connectivity index (χ4v) is 2.84. The predicted molar refractivity (Wildman–Crippen MR) is 104 cm³/mol. The van der Waals surface area contributed by atoms with E-state index in [2.05, 4.69) is 10.6 Å². The highest BCUT2D eigenvalue weighted by Gasteiger charge is 2.25. The van der Waals surface area contributed by atoms with Crippen LogP contribution in [0.2, 0.25) is 0 Å². The number of ether oxygens (including phenoxy) is 1. The summed E-state index contributed by atoms with van der Waals surface area (Å²) in [6, 6.07) is 8.32. The van der Waals surface area contributed by atoms with Gasteiger partial charge in [0.25, 0.3) is 0 Å². The number of nitrogens with one attached hydrogen (secondary N) is 2. The summed E-state index contributed by atoms with van der Waals surface area (Å²) >= 11 is 0. The van der Waals surface area contributed by atoms with E-state index < -0.39 is 33.7 Å². The van der Waals surface area contributed by atoms with Crippen LogP contribution in [0.5, 0.6) is 0 Å². The third-order valence-electron chi connectivity index (χ3n) is 3.51. The Morgan fingerprint density at radius 3 is 2.26 bits per heavy atom. The Labute approximate surface area is 161 Å². The van der Waals surface area contributed by atoms with Gasteiger partial charge in [-0.1, -0.05) is 30.3 Å². The molecule has 27 heavy (non-hydrogen) atoms. The SMILES string of the molecule is CN(C)S(=O)(=O)CCNC(=O)[C@H](Cc1ccccc1)NC(=O)OC(C)(C)C. The minimum atomic E-state index is -3.42. The zero-order chi connectivity index (χ0) is 20.7. The van der Waals surface area contributed by atoms with Crippen molar-refractivity contribution in [2.24, 2.45) is 0 Å². The van der Waals surface area contributed by atoms with E-state index in [4.69, 9.17) is 4.74 Å². The van der Waals surface area contributed by atoms with Crippen molar-refractivity contribution in [1.29, 1.82) is 0 Å². The molecular weight excluding hydrogens is 370 g/mol. The summed E-state index contributed by atoms with van der Waals surface area (Å²) in [5.74, 6) is -0.699. The lowest BCUT2D eigenvalue weighted by Gasteiger charge is -2.23. The molecule has 0 saturated heterocycles. The Balaban J connectivity index is 2.77. The molecule has 1 atom stereocenters. The predicted octanol–water partition coefficient (Wildman–Crippen LogP) is 1.13. The van der Waals surface area contributed by atoms with E-state index >= 15 is 0 Å². The Hall–Kier alpha value is -2.13. The Morgan fingerprint density at radius 2 is 1.74 bits per heavy atom. The van der Waals surface area contributed by atoms with Crippen molar-refractivity contribution < 1.29 is 22.7 Å². The molecule has 0 aliphatic rings. The zero-order valence-electron chi connectivity index (χ0n) is 16.5. The third kappa shape index (κ3) is 8.87. The molecule has 8 nitrogen and oxygen atoms in total. The van der Waals surface area contributed by atoms with Crippen molar-refractivity contribution in [3.05, 3.63) is 35.9 Å². The van der Waals surface area contributed by atoms with Crippen molar-refractivity contribution in [2.45, 2.75) is 38.8 Å². The van der Waals surface area contributed by atoms with Gasteiger partial charge in [0, 0.05) is 27.1 Å². The molecule has 1 aromatic carbocycles. The molecule has 0 saturated carbocycles. The molecule has 0 radical (unpaired) electrons. The van der Waals surface area contributed by atoms with E-state index in [9.17, 15) is 18.0 Å². The van der Waals surface area contributed by atoms with Crippen LogP contribution in [0.15, 0.2) is 30.3 Å². The molecule has 0 aliphatic carbocycles. The van der Waals surface area contributed by atoms with E-state index in [1.54, 1.807) is 20.8 Å². The smallest absolute Gasteiger partial charge is 0.408 e. The van der Waals surface area contributed by atoms with E-state index in [1.165, 1.54) is 14.1 Å². The maximum absolute atomic E-state index is 12.5. The Kier molecular flexibility index (Phi) is 8.23. The largest absolute Gasteiger partial charge is 0.444 e. The van der Waals surface area contributed by atoms with Crippen molar-refractivity contribution >= 4 is 22.0 Å². The first-order valence-electron chi connectivity index (χ1n) is 8.62. The van der Waals surface area contributed by atoms with Crippen LogP contribution in [0.4, 0.5) is 4.79 Å². The van der Waals surface area contributed by atoms with Crippen molar-refractivity contribution in [3.8, 4) is 0 Å². The molecule has 0 bridgehead atoms. The molecule has 9 heteroatoms. The summed E-state index contributed by atoms with van der Waals surface area (Å²) in [5.41, 5.74) is 0.159. The lowest BCUT2D eigenvalue weighted by Crippen LogP contribution is -2.50. The number of hydrogen-bond acceptors (Lipinski definition) is 5. The highest BCUT2D eigenvalue weighted by molar-refractivity contribution is 7.89. The van der Waals surface area contributed by atoms with Gasteiger partial charge in [-0.25, -0.2) is 17.5 Å². The van der Waals surface area contributed by atoms with E-state index in [-0.39, 0.29) is 18.7 Å². The number of carbonyl (C=O) groups is 2. The van der Waals surface area contributed by atoms with Crippen LogP contribution in [0.25, 0.3) is 0 Å². The molecule has 2 amide bonds. The molecule has 0 spiro atoms. The van der Waals surface area contributed by atoms with Crippen LogP contribution in [0.3, 0.4) is 0 Å². The highest BCUT2D eigenvalue weighted by Crippen LogP contribution is 2.08. The lowest BCUT2D eigenvalue weighted by atomic mass is 10.1. The van der Waals surface area contributed by atoms with Crippen LogP contribution < -0.4 is 10.6 Å². The number of nitrogens with zero attached hydrogens (tertiary/aromatic N) is 1. The van der Waals surface area contributed by atoms with Gasteiger partial charge >= 0.3 is 6.09 Å². The first-order chi connectivity index (χ1) is 12.4. The minimum Gasteiger partial charge on any atom is -0.444 e. The van der Waals surface area contributed by atoms with E-state index in [0.29, 0.717) is 0 Å². The van der Waals surface area contributed by atoms with Gasteiger partial charge in [-0.15, -0.1) is 0 Å². The lowest BCUT2D eigenvalue weighted by molar-refractivity contribution is -0.123. The first kappa shape index (κ1) is 22.9. The van der Waals surface area contributed by atoms with Crippen molar-refractivity contribution in [2.75, 3.05) is 26.4 Å². The number of carbonyl (C=O) groups excluding carboxylic acids is 2. The topological polar surface area (TPSA) is 105 Å². The van der Waals surface area contributed by atoms with Gasteiger partial charge in [0.2, 0.25) is 15.9 Å². The Morgan fingerprint density at radius 1 is 1.15 bits per heavy atom. The second kappa shape index (κ2) is 9.70. The minimum absolute atomic E-state index is 0.0549. The fourth-order valence-electron chi connectivity index (χ4n) is 2.12. The van der Waals surface area contributed by atoms with Crippen LogP contribution in [0.1, 0.15) is 26.3 Å². The van der Waals surface area contributed by atoms with Crippen LogP contribution in [-0.2, 0) is 26.0 Å². The maximum atomic E-state index is 12.5. The number of sulfonamides is 1. The molecule has 0 fully saturated rings. The summed E-state index contributed by atoms with van der Waals surface area (Å²) in [5, 5.41) is 5.13. The van der Waals surface area contributed by atoms with Gasteiger partial charge < -0.3 is 15.4 Å². The van der Waals surface area contributed by atoms with Gasteiger partial charge in [-0.3, -0.25) is 4.79 Å². The second-order valence-corrected chi connectivity index (χ2v) is 9.58. The third-order valence-corrected chi connectivity index (χ3v) is 5.34. The van der Waals surface area contributed by atoms with E-state index in [0.717, 1.165) is 9.87 Å². The van der Waals surface area contributed by atoms with Crippen LogP contribution in [-0.4, -0.2) is 62.8 Å². The molecule has 2 N–H and O–H groups in total. The van der Waals surface area contributed by atoms with Gasteiger partial charge in [-0.2, -0.15) is 0 Å². The number of hydrogen-bond donors (Lipinski definition) is 2. The molecule has 0 aliphatic heterocycles. The van der Waals surface area contributed by atoms with Gasteiger partial charge in [0.05, 0.1) is 5.75 Å². The second-order valence-electron chi connectivity index (χ2n) is 7.28. The van der Waals surface area contributed by atoms with Gasteiger partial charge in [-0.05, 0) is 26.3 Å². The molecule has 0 unspecified atom stereocenters. The standard InChI is InChI=1S/C18H29N3O5S/c1-18(2,3)26-17(23)20-15(13-14-9-7-6-8-10-14)16(22)19-11-12-27(24,25)21(4)5/h6-10,15H,11-13H2,1-5H3,(H,19,22)(H,20,23)/t15-/m0/s1. The van der Waals surface area contributed by atoms with Crippen LogP contribution in [0, 0.1) is 0 Å². The Bertz CT molecular complexity index is 727. The zero-order valence-corrected chi connectivity index (χ0v) is 17.3. The summed E-state index contributed by atoms with van der Waals surface area (Å²) < 4.78 is 29.9. The van der Waals surface area contributed by atoms with Crippen molar-refractivity contribution in [1.82, 2.24) is 14.9 Å². The van der Waals surface area contributed by atoms with Gasteiger partial charge in [0.15, 0.2) is 0 Å². The van der Waals surface area contributed by atoms with E-state index in [1.807, 2.05) is 30.3 Å². The first-order valence-corrected chi connectivity index (χ1v) is 10.2. The number of benzene rings is 1. The van der Waals surface area contributed by atoms with Crippen molar-refractivity contribution in [3.63, 3.8) is 0 Å². The summed E-state index contributed by atoms with van der Waals surface area (Å²) in [4.78, 5) is 24.6. The number of alkyl carbamates (subject to hydrolysis) is 1. The highest BCUT2D eigenvalue weighted by atomic mass is 32.2. The maximum Gasteiger partial charge on any atom is 0.408 e. The molecular formula is C18H29N3O5S. The molecule has 1 aromatic rings. The molecule has 1 rings (SSSR count).